The number of fused-ring (bicyclic) bond motifs is 1. The monoisotopic (exact) mass is 280 g/mol. The molecule has 1 unspecified atom stereocenters. The minimum absolute atomic E-state index is 0.172. The van der Waals surface area contributed by atoms with Gasteiger partial charge in [-0.05, 0) is 35.2 Å². The molecular formula is C17H13FN2O. The number of nitrogen functional groups attached to an aromatic ring is 1. The smallest absolute Gasteiger partial charge is 0.175 e. The molecule has 2 aromatic carbocycles. The summed E-state index contributed by atoms with van der Waals surface area (Å²) in [5.41, 5.74) is 10.1. The van der Waals surface area contributed by atoms with Crippen LogP contribution in [0.1, 0.15) is 22.8 Å². The first-order valence-electron chi connectivity index (χ1n) is 6.83. The van der Waals surface area contributed by atoms with Crippen molar-refractivity contribution in [3.05, 3.63) is 71.2 Å². The van der Waals surface area contributed by atoms with Gasteiger partial charge in [0.1, 0.15) is 5.82 Å². The van der Waals surface area contributed by atoms with E-state index in [2.05, 4.69) is 17.3 Å². The lowest BCUT2D eigenvalue weighted by molar-refractivity contribution is 0.365. The first-order valence-corrected chi connectivity index (χ1v) is 6.83. The maximum absolute atomic E-state index is 13.1. The van der Waals surface area contributed by atoms with E-state index >= 15 is 0 Å². The van der Waals surface area contributed by atoms with Crippen molar-refractivity contribution >= 4 is 5.82 Å². The minimum atomic E-state index is -0.274. The molecule has 1 aliphatic rings. The zero-order valence-corrected chi connectivity index (χ0v) is 11.2. The summed E-state index contributed by atoms with van der Waals surface area (Å²) in [5.74, 6) is 1.01. The van der Waals surface area contributed by atoms with Crippen LogP contribution in [0.5, 0.6) is 0 Å². The second-order valence-electron chi connectivity index (χ2n) is 5.27. The van der Waals surface area contributed by atoms with Gasteiger partial charge < -0.3 is 10.3 Å². The van der Waals surface area contributed by atoms with E-state index < -0.39 is 0 Å². The molecule has 1 heterocycles. The lowest BCUT2D eigenvalue weighted by Gasteiger charge is -2.28. The van der Waals surface area contributed by atoms with Gasteiger partial charge in [-0.3, -0.25) is 0 Å². The Labute approximate surface area is 121 Å². The summed E-state index contributed by atoms with van der Waals surface area (Å²) < 4.78 is 18.6. The predicted octanol–water partition coefficient (Wildman–Crippen LogP) is 3.75. The van der Waals surface area contributed by atoms with Gasteiger partial charge in [-0.25, -0.2) is 4.39 Å². The third-order valence-electron chi connectivity index (χ3n) is 4.05. The first kappa shape index (κ1) is 12.1. The van der Waals surface area contributed by atoms with Crippen molar-refractivity contribution in [1.29, 1.82) is 0 Å². The number of nitrogens with two attached hydrogens (primary N) is 1. The molecule has 0 fully saturated rings. The summed E-state index contributed by atoms with van der Waals surface area (Å²) in [6.07, 6.45) is 0.916. The Kier molecular flexibility index (Phi) is 2.57. The van der Waals surface area contributed by atoms with Gasteiger partial charge in [-0.1, -0.05) is 41.6 Å². The van der Waals surface area contributed by atoms with Gasteiger partial charge >= 0.3 is 0 Å². The van der Waals surface area contributed by atoms with Crippen LogP contribution in [0.2, 0.25) is 0 Å². The highest BCUT2D eigenvalue weighted by Crippen LogP contribution is 2.45. The van der Waals surface area contributed by atoms with Crippen LogP contribution in [0.25, 0.3) is 11.1 Å². The van der Waals surface area contributed by atoms with Gasteiger partial charge in [0.05, 0.1) is 5.56 Å². The molecule has 4 heteroatoms. The lowest BCUT2D eigenvalue weighted by Crippen LogP contribution is -2.18. The first-order chi connectivity index (χ1) is 10.2. The Morgan fingerprint density at radius 3 is 2.62 bits per heavy atom. The summed E-state index contributed by atoms with van der Waals surface area (Å²) in [5, 5.41) is 3.90. The highest BCUT2D eigenvalue weighted by Gasteiger charge is 2.33. The summed E-state index contributed by atoms with van der Waals surface area (Å²) in [6, 6.07) is 14.5. The fourth-order valence-electron chi connectivity index (χ4n) is 2.95. The molecule has 0 saturated heterocycles. The van der Waals surface area contributed by atoms with E-state index in [4.69, 9.17) is 10.3 Å². The topological polar surface area (TPSA) is 52.0 Å². The average molecular weight is 280 g/mol. The molecule has 4 rings (SSSR count). The van der Waals surface area contributed by atoms with Gasteiger partial charge in [0.15, 0.2) is 11.6 Å². The van der Waals surface area contributed by atoms with Crippen LogP contribution in [0.15, 0.2) is 53.1 Å². The molecule has 0 spiro atoms. The highest BCUT2D eigenvalue weighted by atomic mass is 19.1. The fraction of sp³-hybridized carbons (Fsp3) is 0.118. The van der Waals surface area contributed by atoms with Crippen LogP contribution >= 0.6 is 0 Å². The minimum Gasteiger partial charge on any atom is -0.380 e. The van der Waals surface area contributed by atoms with Crippen molar-refractivity contribution in [2.45, 2.75) is 12.3 Å². The molecule has 1 aromatic heterocycles. The summed E-state index contributed by atoms with van der Waals surface area (Å²) in [7, 11) is 0. The van der Waals surface area contributed by atoms with Crippen LogP contribution in [0, 0.1) is 5.82 Å². The fourth-order valence-corrected chi connectivity index (χ4v) is 2.95. The van der Waals surface area contributed by atoms with E-state index in [9.17, 15) is 4.39 Å². The molecule has 3 aromatic rings. The van der Waals surface area contributed by atoms with Crippen LogP contribution < -0.4 is 5.73 Å². The second kappa shape index (κ2) is 4.45. The number of anilines is 1. The molecule has 0 amide bonds. The molecular weight excluding hydrogens is 267 g/mol. The van der Waals surface area contributed by atoms with E-state index in [1.165, 1.54) is 23.3 Å². The van der Waals surface area contributed by atoms with E-state index in [1.807, 2.05) is 12.1 Å². The standard InChI is InChI=1S/C17H13FN2O/c18-12-7-5-10(6-8-12)15-16(21-20-17(15)19)14-9-11-3-1-2-4-13(11)14/h1-8,14H,9H2,(H2,19,20). The molecule has 1 aliphatic carbocycles. The van der Waals surface area contributed by atoms with Crippen molar-refractivity contribution in [2.24, 2.45) is 0 Å². The molecule has 0 aliphatic heterocycles. The van der Waals surface area contributed by atoms with Crippen LogP contribution in [-0.2, 0) is 6.42 Å². The number of hydrogen-bond acceptors (Lipinski definition) is 3. The van der Waals surface area contributed by atoms with Gasteiger partial charge in [0.2, 0.25) is 0 Å². The van der Waals surface area contributed by atoms with E-state index in [1.54, 1.807) is 12.1 Å². The van der Waals surface area contributed by atoms with Crippen molar-refractivity contribution < 1.29 is 8.91 Å². The zero-order valence-electron chi connectivity index (χ0n) is 11.2. The van der Waals surface area contributed by atoms with E-state index in [0.29, 0.717) is 5.82 Å². The zero-order chi connectivity index (χ0) is 14.4. The van der Waals surface area contributed by atoms with E-state index in [-0.39, 0.29) is 11.7 Å². The Hall–Kier alpha value is -2.62. The Morgan fingerprint density at radius 2 is 1.86 bits per heavy atom. The molecule has 0 bridgehead atoms. The maximum Gasteiger partial charge on any atom is 0.175 e. The third-order valence-corrected chi connectivity index (χ3v) is 4.05. The van der Waals surface area contributed by atoms with E-state index in [0.717, 1.165) is 23.3 Å². The van der Waals surface area contributed by atoms with Crippen molar-refractivity contribution in [3.63, 3.8) is 0 Å². The number of halogens is 1. The third kappa shape index (κ3) is 1.83. The molecule has 0 saturated carbocycles. The van der Waals surface area contributed by atoms with Crippen molar-refractivity contribution in [1.82, 2.24) is 5.16 Å². The Bertz CT molecular complexity index is 808. The van der Waals surface area contributed by atoms with Crippen molar-refractivity contribution in [2.75, 3.05) is 5.73 Å². The van der Waals surface area contributed by atoms with Gasteiger partial charge in [0, 0.05) is 5.92 Å². The summed E-state index contributed by atoms with van der Waals surface area (Å²) in [4.78, 5) is 0. The number of hydrogen-bond donors (Lipinski definition) is 1. The summed E-state index contributed by atoms with van der Waals surface area (Å²) in [6.45, 7) is 0. The van der Waals surface area contributed by atoms with Crippen LogP contribution in [-0.4, -0.2) is 5.16 Å². The SMILES string of the molecule is Nc1noc(C2Cc3ccccc32)c1-c1ccc(F)cc1. The predicted molar refractivity (Wildman–Crippen MR) is 78.3 cm³/mol. The van der Waals surface area contributed by atoms with Gasteiger partial charge in [-0.15, -0.1) is 0 Å². The lowest BCUT2D eigenvalue weighted by atomic mass is 9.75. The number of benzene rings is 2. The quantitative estimate of drug-likeness (QED) is 0.777. The maximum atomic E-state index is 13.1. The summed E-state index contributed by atoms with van der Waals surface area (Å²) >= 11 is 0. The Morgan fingerprint density at radius 1 is 1.10 bits per heavy atom. The molecule has 0 radical (unpaired) electrons. The largest absolute Gasteiger partial charge is 0.380 e. The van der Waals surface area contributed by atoms with Gasteiger partial charge in [0.25, 0.3) is 0 Å². The van der Waals surface area contributed by atoms with Crippen LogP contribution in [0.3, 0.4) is 0 Å². The molecule has 3 nitrogen and oxygen atoms in total. The number of aromatic nitrogens is 1. The highest BCUT2D eigenvalue weighted by molar-refractivity contribution is 5.77. The molecule has 104 valence electrons. The second-order valence-corrected chi connectivity index (χ2v) is 5.27. The number of nitrogens with zero attached hydrogens (tertiary/aromatic N) is 1. The molecule has 2 N–H and O–H groups in total. The average Bonchev–Trinajstić information content (AvgIpc) is 2.83. The number of rotatable bonds is 2. The molecule has 1 atom stereocenters. The van der Waals surface area contributed by atoms with Crippen LogP contribution in [0.4, 0.5) is 10.2 Å². The van der Waals surface area contributed by atoms with Crippen molar-refractivity contribution in [3.8, 4) is 11.1 Å². The normalized spacial score (nSPS) is 16.3. The molecule has 21 heavy (non-hydrogen) atoms. The Balaban J connectivity index is 1.81. The van der Waals surface area contributed by atoms with Gasteiger partial charge in [-0.2, -0.15) is 0 Å².